The topological polar surface area (TPSA) is 192 Å². The van der Waals surface area contributed by atoms with Gasteiger partial charge in [0.15, 0.2) is 11.4 Å². The van der Waals surface area contributed by atoms with Gasteiger partial charge in [-0.3, -0.25) is 14.3 Å². The van der Waals surface area contributed by atoms with Crippen LogP contribution in [0.25, 0.3) is 5.52 Å². The summed E-state index contributed by atoms with van der Waals surface area (Å²) in [6, 6.07) is 9.15. The maximum atomic E-state index is 14.0. The van der Waals surface area contributed by atoms with E-state index in [0.717, 1.165) is 5.56 Å². The van der Waals surface area contributed by atoms with Gasteiger partial charge in [-0.2, -0.15) is 10.2 Å². The van der Waals surface area contributed by atoms with E-state index < -0.39 is 50.3 Å². The lowest BCUT2D eigenvalue weighted by Gasteiger charge is -2.28. The SMILES string of the molecule is CCOC(=O)[C@H](C)NP(=O)(OC[C@H]1O[C@@](C=NC)(c2ccc3c(N)ncnn23)[C@H](O)[C@@H]1O)Oc1ccc(C(C)C)cc1. The average molecular weight is 605 g/mol. The monoisotopic (exact) mass is 604 g/mol. The van der Waals surface area contributed by atoms with E-state index in [2.05, 4.69) is 20.2 Å². The zero-order valence-corrected chi connectivity index (χ0v) is 25.0. The van der Waals surface area contributed by atoms with E-state index in [4.69, 9.17) is 24.3 Å². The van der Waals surface area contributed by atoms with Crippen molar-refractivity contribution in [1.29, 1.82) is 0 Å². The first-order valence-corrected chi connectivity index (χ1v) is 15.0. The molecule has 15 heteroatoms. The van der Waals surface area contributed by atoms with E-state index in [1.54, 1.807) is 31.2 Å². The highest BCUT2D eigenvalue weighted by atomic mass is 31.2. The number of ether oxygens (including phenoxy) is 2. The zero-order chi connectivity index (χ0) is 30.7. The minimum Gasteiger partial charge on any atom is -0.465 e. The second kappa shape index (κ2) is 12.9. The van der Waals surface area contributed by atoms with Crippen LogP contribution in [0.2, 0.25) is 0 Å². The molecule has 1 unspecified atom stereocenters. The van der Waals surface area contributed by atoms with Crippen LogP contribution in [0.5, 0.6) is 5.75 Å². The molecule has 5 N–H and O–H groups in total. The molecule has 0 aliphatic carbocycles. The Bertz CT molecular complexity index is 1460. The largest absolute Gasteiger partial charge is 0.465 e. The predicted molar refractivity (Wildman–Crippen MR) is 154 cm³/mol. The third-order valence-corrected chi connectivity index (χ3v) is 8.51. The number of hydrogen-bond donors (Lipinski definition) is 4. The number of benzene rings is 1. The molecule has 42 heavy (non-hydrogen) atoms. The Hall–Kier alpha value is -3.39. The lowest BCUT2D eigenvalue weighted by molar-refractivity contribution is -0.144. The van der Waals surface area contributed by atoms with Crippen molar-refractivity contribution >= 4 is 31.3 Å². The standard InChI is InChI=1S/C27H37N6O8P/c1-6-38-26(36)17(4)32-42(37,41-19-9-7-18(8-10-19)16(2)3)39-13-21-23(34)24(35)27(40-21,14-29-5)22-12-11-20-25(28)30-15-31-33(20)22/h7-12,14-17,21,23-24,34-35H,6,13H2,1-5H3,(H,32,37)(H2,28,30,31)/t17-,21+,23+,24+,27-,42?/m0/s1. The van der Waals surface area contributed by atoms with Gasteiger partial charge in [-0.05, 0) is 49.6 Å². The van der Waals surface area contributed by atoms with Crippen molar-refractivity contribution in [3.05, 3.63) is 54.0 Å². The number of carbonyl (C=O) groups is 1. The van der Waals surface area contributed by atoms with Gasteiger partial charge in [0.1, 0.15) is 41.9 Å². The van der Waals surface area contributed by atoms with Crippen molar-refractivity contribution in [2.24, 2.45) is 4.99 Å². The molecule has 228 valence electrons. The van der Waals surface area contributed by atoms with Gasteiger partial charge < -0.3 is 29.9 Å². The number of aliphatic hydroxyl groups excluding tert-OH is 2. The fraction of sp³-hybridized carbons (Fsp3) is 0.481. The normalized spacial score (nSPS) is 24.7. The Morgan fingerprint density at radius 3 is 2.62 bits per heavy atom. The molecule has 3 aromatic rings. The van der Waals surface area contributed by atoms with Crippen LogP contribution >= 0.6 is 7.75 Å². The highest BCUT2D eigenvalue weighted by Crippen LogP contribution is 2.47. The molecule has 1 aromatic carbocycles. The number of anilines is 1. The second-order valence-corrected chi connectivity index (χ2v) is 11.8. The van der Waals surface area contributed by atoms with E-state index in [0.29, 0.717) is 11.2 Å². The maximum Gasteiger partial charge on any atom is 0.459 e. The third kappa shape index (κ3) is 6.33. The molecule has 4 rings (SSSR count). The molecule has 14 nitrogen and oxygen atoms in total. The van der Waals surface area contributed by atoms with Crippen LogP contribution in [-0.2, 0) is 29.0 Å². The van der Waals surface area contributed by atoms with E-state index >= 15 is 0 Å². The first kappa shape index (κ1) is 31.5. The predicted octanol–water partition coefficient (Wildman–Crippen LogP) is 2.20. The van der Waals surface area contributed by atoms with Crippen molar-refractivity contribution in [3.8, 4) is 5.75 Å². The summed E-state index contributed by atoms with van der Waals surface area (Å²) < 4.78 is 38.1. The second-order valence-electron chi connectivity index (χ2n) is 10.1. The average Bonchev–Trinajstić information content (AvgIpc) is 3.49. The minimum atomic E-state index is -4.27. The quantitative estimate of drug-likeness (QED) is 0.134. The maximum absolute atomic E-state index is 14.0. The van der Waals surface area contributed by atoms with Crippen LogP contribution in [0, 0.1) is 0 Å². The smallest absolute Gasteiger partial charge is 0.459 e. The van der Waals surface area contributed by atoms with Crippen molar-refractivity contribution in [3.63, 3.8) is 0 Å². The number of nitrogen functional groups attached to an aromatic ring is 1. The minimum absolute atomic E-state index is 0.125. The van der Waals surface area contributed by atoms with E-state index in [1.807, 2.05) is 26.0 Å². The zero-order valence-electron chi connectivity index (χ0n) is 24.1. The molecule has 0 amide bonds. The fourth-order valence-electron chi connectivity index (χ4n) is 4.68. The molecule has 0 bridgehead atoms. The molecule has 3 heterocycles. The summed E-state index contributed by atoms with van der Waals surface area (Å²) >= 11 is 0. The van der Waals surface area contributed by atoms with Crippen molar-refractivity contribution in [2.75, 3.05) is 26.0 Å². The number of fused-ring (bicyclic) bond motifs is 1. The highest BCUT2D eigenvalue weighted by molar-refractivity contribution is 7.52. The highest BCUT2D eigenvalue weighted by Gasteiger charge is 2.56. The van der Waals surface area contributed by atoms with Gasteiger partial charge in [0.2, 0.25) is 0 Å². The van der Waals surface area contributed by atoms with Gasteiger partial charge in [0, 0.05) is 13.3 Å². The number of aliphatic hydroxyl groups is 2. The Labute approximate surface area is 243 Å². The van der Waals surface area contributed by atoms with Crippen LogP contribution < -0.4 is 15.3 Å². The summed E-state index contributed by atoms with van der Waals surface area (Å²) in [7, 11) is -2.79. The number of nitrogens with zero attached hydrogens (tertiary/aromatic N) is 4. The van der Waals surface area contributed by atoms with Crippen LogP contribution in [0.1, 0.15) is 44.9 Å². The molecule has 1 aliphatic heterocycles. The molecular weight excluding hydrogens is 567 g/mol. The van der Waals surface area contributed by atoms with Crippen LogP contribution in [0.15, 0.2) is 47.7 Å². The van der Waals surface area contributed by atoms with Gasteiger partial charge in [-0.15, -0.1) is 0 Å². The molecule has 0 spiro atoms. The van der Waals surface area contributed by atoms with E-state index in [-0.39, 0.29) is 24.1 Å². The lowest BCUT2D eigenvalue weighted by atomic mass is 9.92. The molecule has 1 fully saturated rings. The van der Waals surface area contributed by atoms with Crippen molar-refractivity contribution in [1.82, 2.24) is 19.7 Å². The molecule has 1 saturated heterocycles. The Morgan fingerprint density at radius 2 is 1.98 bits per heavy atom. The van der Waals surface area contributed by atoms with Crippen molar-refractivity contribution < 1.29 is 38.1 Å². The van der Waals surface area contributed by atoms with Crippen molar-refractivity contribution in [2.45, 2.75) is 63.6 Å². The Morgan fingerprint density at radius 1 is 1.26 bits per heavy atom. The summed E-state index contributed by atoms with van der Waals surface area (Å²) in [5, 5.41) is 29.1. The fourth-order valence-corrected chi connectivity index (χ4v) is 6.18. The van der Waals surface area contributed by atoms with E-state index in [9.17, 15) is 19.6 Å². The van der Waals surface area contributed by atoms with Gasteiger partial charge >= 0.3 is 13.7 Å². The molecule has 2 aromatic heterocycles. The van der Waals surface area contributed by atoms with Crippen LogP contribution in [-0.4, -0.2) is 81.6 Å². The first-order chi connectivity index (χ1) is 19.9. The number of carbonyl (C=O) groups excluding carboxylic acids is 1. The summed E-state index contributed by atoms with van der Waals surface area (Å²) in [5.41, 5.74) is 6.13. The molecule has 0 radical (unpaired) electrons. The van der Waals surface area contributed by atoms with Crippen LogP contribution in [0.3, 0.4) is 0 Å². The number of nitrogens with two attached hydrogens (primary N) is 1. The van der Waals surface area contributed by atoms with Gasteiger partial charge in [-0.1, -0.05) is 26.0 Å². The van der Waals surface area contributed by atoms with Gasteiger partial charge in [0.25, 0.3) is 0 Å². The molecule has 6 atom stereocenters. The summed E-state index contributed by atoms with van der Waals surface area (Å²) in [4.78, 5) is 20.3. The number of aliphatic imine (C=N–C) groups is 1. The lowest BCUT2D eigenvalue weighted by Crippen LogP contribution is -2.43. The van der Waals surface area contributed by atoms with Gasteiger partial charge in [-0.25, -0.2) is 14.1 Å². The number of aromatic nitrogens is 3. The van der Waals surface area contributed by atoms with Gasteiger partial charge in [0.05, 0.1) is 18.9 Å². The van der Waals surface area contributed by atoms with E-state index in [1.165, 1.54) is 31.0 Å². The number of hydrogen-bond acceptors (Lipinski definition) is 12. The summed E-state index contributed by atoms with van der Waals surface area (Å²) in [6.45, 7) is 6.81. The third-order valence-electron chi connectivity index (χ3n) is 6.87. The molecule has 1 aliphatic rings. The Balaban J connectivity index is 1.61. The summed E-state index contributed by atoms with van der Waals surface area (Å²) in [5.74, 6) is 0.0360. The number of nitrogens with one attached hydrogen (secondary N) is 1. The first-order valence-electron chi connectivity index (χ1n) is 13.5. The number of rotatable bonds is 12. The molecule has 0 saturated carbocycles. The Kier molecular flexibility index (Phi) is 9.66. The molecular formula is C27H37N6O8P. The van der Waals surface area contributed by atoms with Crippen LogP contribution in [0.4, 0.5) is 5.82 Å². The summed E-state index contributed by atoms with van der Waals surface area (Å²) in [6.07, 6.45) is -1.65. The number of esters is 1.